The molecule has 0 bridgehead atoms. The molecule has 0 radical (unpaired) electrons. The standard InChI is InChI=1S/C14H22N2O2/c1-10-5-6-13(17)12(15-10)8-16-7-11(2)18-9-14(16,3)4/h5-6,11,17H,7-9H2,1-4H3. The van der Waals surface area contributed by atoms with Crippen LogP contribution in [-0.2, 0) is 11.3 Å². The fourth-order valence-electron chi connectivity index (χ4n) is 2.23. The normalized spacial score (nSPS) is 24.1. The van der Waals surface area contributed by atoms with Gasteiger partial charge in [0.25, 0.3) is 0 Å². The molecule has 1 unspecified atom stereocenters. The van der Waals surface area contributed by atoms with Crippen molar-refractivity contribution in [3.63, 3.8) is 0 Å². The molecule has 4 nitrogen and oxygen atoms in total. The van der Waals surface area contributed by atoms with E-state index in [1.807, 2.05) is 13.0 Å². The van der Waals surface area contributed by atoms with Gasteiger partial charge in [-0.3, -0.25) is 9.88 Å². The molecule has 0 amide bonds. The number of rotatable bonds is 2. The van der Waals surface area contributed by atoms with Gasteiger partial charge in [-0.1, -0.05) is 0 Å². The van der Waals surface area contributed by atoms with E-state index in [1.54, 1.807) is 6.07 Å². The van der Waals surface area contributed by atoms with E-state index < -0.39 is 0 Å². The van der Waals surface area contributed by atoms with Crippen molar-refractivity contribution in [1.82, 2.24) is 9.88 Å². The predicted octanol–water partition coefficient (Wildman–Crippen LogP) is 2.09. The largest absolute Gasteiger partial charge is 0.506 e. The van der Waals surface area contributed by atoms with Crippen LogP contribution in [-0.4, -0.2) is 39.8 Å². The first-order chi connectivity index (χ1) is 8.38. The molecule has 0 aromatic carbocycles. The average Bonchev–Trinajstić information content (AvgIpc) is 2.29. The molecule has 1 fully saturated rings. The lowest BCUT2D eigenvalue weighted by atomic mass is 10.0. The van der Waals surface area contributed by atoms with Gasteiger partial charge in [-0.2, -0.15) is 0 Å². The van der Waals surface area contributed by atoms with Crippen LogP contribution >= 0.6 is 0 Å². The van der Waals surface area contributed by atoms with Gasteiger partial charge in [0, 0.05) is 24.3 Å². The third kappa shape index (κ3) is 2.82. The molecule has 100 valence electrons. The summed E-state index contributed by atoms with van der Waals surface area (Å²) in [6.07, 6.45) is 0.227. The van der Waals surface area contributed by atoms with Crippen LogP contribution in [0.25, 0.3) is 0 Å². The summed E-state index contributed by atoms with van der Waals surface area (Å²) in [4.78, 5) is 6.75. The Labute approximate surface area is 109 Å². The number of aromatic nitrogens is 1. The minimum absolute atomic E-state index is 0.0234. The Balaban J connectivity index is 2.18. The van der Waals surface area contributed by atoms with E-state index >= 15 is 0 Å². The van der Waals surface area contributed by atoms with Crippen LogP contribution in [0.1, 0.15) is 32.2 Å². The van der Waals surface area contributed by atoms with Gasteiger partial charge in [0.1, 0.15) is 5.75 Å². The number of aryl methyl sites for hydroxylation is 1. The van der Waals surface area contributed by atoms with Crippen molar-refractivity contribution in [2.45, 2.75) is 45.9 Å². The lowest BCUT2D eigenvalue weighted by Crippen LogP contribution is -2.54. The molecule has 4 heteroatoms. The van der Waals surface area contributed by atoms with Crippen molar-refractivity contribution in [2.24, 2.45) is 0 Å². The summed E-state index contributed by atoms with van der Waals surface area (Å²) in [7, 11) is 0. The Morgan fingerprint density at radius 2 is 2.22 bits per heavy atom. The van der Waals surface area contributed by atoms with E-state index in [2.05, 4.69) is 30.7 Å². The minimum Gasteiger partial charge on any atom is -0.506 e. The molecule has 1 N–H and O–H groups in total. The first kappa shape index (κ1) is 13.3. The molecule has 1 aliphatic heterocycles. The second-order valence-electron chi connectivity index (χ2n) is 5.73. The van der Waals surface area contributed by atoms with E-state index in [9.17, 15) is 5.11 Å². The van der Waals surface area contributed by atoms with Gasteiger partial charge in [-0.25, -0.2) is 0 Å². The van der Waals surface area contributed by atoms with Crippen LogP contribution in [0.4, 0.5) is 0 Å². The Morgan fingerprint density at radius 1 is 1.50 bits per heavy atom. The summed E-state index contributed by atoms with van der Waals surface area (Å²) in [5.74, 6) is 0.274. The van der Waals surface area contributed by atoms with Crippen molar-refractivity contribution in [3.8, 4) is 5.75 Å². The molecule has 1 aliphatic rings. The zero-order valence-electron chi connectivity index (χ0n) is 11.6. The van der Waals surface area contributed by atoms with Gasteiger partial charge in [0.05, 0.1) is 18.4 Å². The molecular weight excluding hydrogens is 228 g/mol. The van der Waals surface area contributed by atoms with Crippen molar-refractivity contribution in [2.75, 3.05) is 13.2 Å². The van der Waals surface area contributed by atoms with Crippen molar-refractivity contribution in [1.29, 1.82) is 0 Å². The van der Waals surface area contributed by atoms with Gasteiger partial charge in [-0.05, 0) is 39.8 Å². The van der Waals surface area contributed by atoms with Crippen molar-refractivity contribution < 1.29 is 9.84 Å². The van der Waals surface area contributed by atoms with Crippen LogP contribution in [0, 0.1) is 6.92 Å². The van der Waals surface area contributed by atoms with Crippen LogP contribution in [0.2, 0.25) is 0 Å². The smallest absolute Gasteiger partial charge is 0.138 e. The highest BCUT2D eigenvalue weighted by atomic mass is 16.5. The van der Waals surface area contributed by atoms with E-state index in [-0.39, 0.29) is 17.4 Å². The van der Waals surface area contributed by atoms with E-state index in [0.29, 0.717) is 13.2 Å². The highest BCUT2D eigenvalue weighted by Crippen LogP contribution is 2.26. The van der Waals surface area contributed by atoms with E-state index in [1.165, 1.54) is 0 Å². The first-order valence-corrected chi connectivity index (χ1v) is 6.40. The molecule has 1 aromatic heterocycles. The second kappa shape index (κ2) is 4.86. The van der Waals surface area contributed by atoms with Gasteiger partial charge in [-0.15, -0.1) is 0 Å². The molecular formula is C14H22N2O2. The van der Waals surface area contributed by atoms with E-state index in [4.69, 9.17) is 4.74 Å². The maximum atomic E-state index is 9.88. The fourth-order valence-corrected chi connectivity index (χ4v) is 2.23. The quantitative estimate of drug-likeness (QED) is 0.873. The maximum Gasteiger partial charge on any atom is 0.138 e. The number of nitrogens with zero attached hydrogens (tertiary/aromatic N) is 2. The Morgan fingerprint density at radius 3 is 2.94 bits per heavy atom. The SMILES string of the molecule is Cc1ccc(O)c(CN2CC(C)OCC2(C)C)n1. The van der Waals surface area contributed by atoms with Crippen LogP contribution in [0.15, 0.2) is 12.1 Å². The third-order valence-corrected chi connectivity index (χ3v) is 3.48. The van der Waals surface area contributed by atoms with Crippen molar-refractivity contribution in [3.05, 3.63) is 23.5 Å². The number of ether oxygens (including phenoxy) is 1. The first-order valence-electron chi connectivity index (χ1n) is 6.40. The number of hydrogen-bond donors (Lipinski definition) is 1. The Bertz CT molecular complexity index is 432. The summed E-state index contributed by atoms with van der Waals surface area (Å²) in [5, 5.41) is 9.88. The molecule has 1 aromatic rings. The summed E-state index contributed by atoms with van der Waals surface area (Å²) in [6, 6.07) is 3.54. The van der Waals surface area contributed by atoms with Gasteiger partial charge >= 0.3 is 0 Å². The Hall–Kier alpha value is -1.13. The fraction of sp³-hybridized carbons (Fsp3) is 0.643. The third-order valence-electron chi connectivity index (χ3n) is 3.48. The summed E-state index contributed by atoms with van der Waals surface area (Å²) >= 11 is 0. The maximum absolute atomic E-state index is 9.88. The zero-order valence-corrected chi connectivity index (χ0v) is 11.6. The lowest BCUT2D eigenvalue weighted by Gasteiger charge is -2.44. The van der Waals surface area contributed by atoms with Crippen LogP contribution < -0.4 is 0 Å². The monoisotopic (exact) mass is 250 g/mol. The van der Waals surface area contributed by atoms with Gasteiger partial charge in [0.2, 0.25) is 0 Å². The number of pyridine rings is 1. The molecule has 1 saturated heterocycles. The number of aromatic hydroxyl groups is 1. The Kier molecular flexibility index (Phi) is 3.59. The minimum atomic E-state index is -0.0234. The molecule has 0 spiro atoms. The average molecular weight is 250 g/mol. The summed E-state index contributed by atoms with van der Waals surface area (Å²) < 4.78 is 5.69. The second-order valence-corrected chi connectivity index (χ2v) is 5.73. The molecule has 2 rings (SSSR count). The summed E-state index contributed by atoms with van der Waals surface area (Å²) in [6.45, 7) is 10.6. The number of morpholine rings is 1. The molecule has 1 atom stereocenters. The van der Waals surface area contributed by atoms with Gasteiger partial charge in [0.15, 0.2) is 0 Å². The van der Waals surface area contributed by atoms with Crippen LogP contribution in [0.5, 0.6) is 5.75 Å². The molecule has 2 heterocycles. The van der Waals surface area contributed by atoms with Gasteiger partial charge < -0.3 is 9.84 Å². The lowest BCUT2D eigenvalue weighted by molar-refractivity contribution is -0.0955. The molecule has 0 aliphatic carbocycles. The predicted molar refractivity (Wildman–Crippen MR) is 70.5 cm³/mol. The topological polar surface area (TPSA) is 45.6 Å². The van der Waals surface area contributed by atoms with Crippen molar-refractivity contribution >= 4 is 0 Å². The molecule has 0 saturated carbocycles. The van der Waals surface area contributed by atoms with E-state index in [0.717, 1.165) is 17.9 Å². The highest BCUT2D eigenvalue weighted by molar-refractivity contribution is 5.27. The summed E-state index contributed by atoms with van der Waals surface area (Å²) in [5.41, 5.74) is 1.66. The zero-order chi connectivity index (χ0) is 13.3. The highest BCUT2D eigenvalue weighted by Gasteiger charge is 2.33. The van der Waals surface area contributed by atoms with Crippen LogP contribution in [0.3, 0.4) is 0 Å². The number of hydrogen-bond acceptors (Lipinski definition) is 4. The molecule has 18 heavy (non-hydrogen) atoms.